The number of nitrogens with two attached hydrogens (primary N) is 1. The van der Waals surface area contributed by atoms with Crippen LogP contribution >= 0.6 is 0 Å². The number of aromatic hydroxyl groups is 1. The standard InChI is InChI=1S/C45H32N4O2/c46-45(48-44(32-20-8-3-9-21-32)47-28-29-15-14-22-33(27-29)30-16-4-1-5-17-30)49-36-25-12-10-23-34(36)39-40-35-24-11-13-26-37(35)51-43(40)42(50)38(41(39)49)31-18-6-2-7-19-31/h1-28,44,50H,(H2,46,48)/b47-28+. The molecule has 0 saturated carbocycles. The first-order valence-electron chi connectivity index (χ1n) is 16.9. The summed E-state index contributed by atoms with van der Waals surface area (Å²) in [6, 6.07) is 54.4. The number of phenolic OH excluding ortho intramolecular Hbond substituents is 1. The summed E-state index contributed by atoms with van der Waals surface area (Å²) in [6.07, 6.45) is 1.21. The zero-order valence-corrected chi connectivity index (χ0v) is 27.5. The van der Waals surface area contributed by atoms with E-state index >= 15 is 0 Å². The quantitative estimate of drug-likeness (QED) is 0.137. The summed E-state index contributed by atoms with van der Waals surface area (Å²) in [5, 5.41) is 15.7. The van der Waals surface area contributed by atoms with Gasteiger partial charge in [-0.1, -0.05) is 146 Å². The number of aromatic nitrogens is 1. The Hall–Kier alpha value is -6.92. The third-order valence-electron chi connectivity index (χ3n) is 9.41. The second-order valence-corrected chi connectivity index (χ2v) is 12.5. The summed E-state index contributed by atoms with van der Waals surface area (Å²) < 4.78 is 8.32. The van der Waals surface area contributed by atoms with E-state index in [0.29, 0.717) is 16.7 Å². The van der Waals surface area contributed by atoms with E-state index in [2.05, 4.69) is 30.3 Å². The van der Waals surface area contributed by atoms with Crippen LogP contribution in [0.3, 0.4) is 0 Å². The number of benzene rings is 7. The lowest BCUT2D eigenvalue weighted by Crippen LogP contribution is -2.23. The molecule has 0 aliphatic heterocycles. The molecule has 0 spiro atoms. The summed E-state index contributed by atoms with van der Waals surface area (Å²) in [4.78, 5) is 10.2. The molecule has 0 bridgehead atoms. The van der Waals surface area contributed by atoms with E-state index in [-0.39, 0.29) is 11.7 Å². The predicted molar refractivity (Wildman–Crippen MR) is 209 cm³/mol. The largest absolute Gasteiger partial charge is 0.504 e. The van der Waals surface area contributed by atoms with Crippen LogP contribution in [0.2, 0.25) is 0 Å². The molecule has 1 atom stereocenters. The molecule has 9 rings (SSSR count). The maximum Gasteiger partial charge on any atom is 0.203 e. The van der Waals surface area contributed by atoms with Crippen molar-refractivity contribution in [2.24, 2.45) is 15.7 Å². The number of fused-ring (bicyclic) bond motifs is 7. The van der Waals surface area contributed by atoms with E-state index in [4.69, 9.17) is 20.1 Å². The van der Waals surface area contributed by atoms with Crippen molar-refractivity contribution in [3.63, 3.8) is 0 Å². The third kappa shape index (κ3) is 5.21. The van der Waals surface area contributed by atoms with Gasteiger partial charge in [0.15, 0.2) is 17.5 Å². The van der Waals surface area contributed by atoms with Gasteiger partial charge in [-0.25, -0.2) is 4.99 Å². The maximum atomic E-state index is 12.1. The first-order chi connectivity index (χ1) is 25.2. The Morgan fingerprint density at radius 3 is 2.04 bits per heavy atom. The number of para-hydroxylation sites is 2. The summed E-state index contributed by atoms with van der Waals surface area (Å²) in [5.74, 6) is 0.293. The van der Waals surface area contributed by atoms with Crippen LogP contribution in [-0.2, 0) is 0 Å². The second-order valence-electron chi connectivity index (χ2n) is 12.5. The van der Waals surface area contributed by atoms with Gasteiger partial charge in [0.25, 0.3) is 0 Å². The molecule has 2 aromatic heterocycles. The van der Waals surface area contributed by atoms with Gasteiger partial charge < -0.3 is 15.3 Å². The Labute approximate surface area is 294 Å². The molecular weight excluding hydrogens is 629 g/mol. The molecule has 9 aromatic rings. The van der Waals surface area contributed by atoms with Gasteiger partial charge in [-0.2, -0.15) is 0 Å². The number of hydrogen-bond donors (Lipinski definition) is 2. The summed E-state index contributed by atoms with van der Waals surface area (Å²) >= 11 is 0. The summed E-state index contributed by atoms with van der Waals surface area (Å²) in [5.41, 5.74) is 15.4. The third-order valence-corrected chi connectivity index (χ3v) is 9.41. The molecule has 51 heavy (non-hydrogen) atoms. The Kier molecular flexibility index (Phi) is 7.40. The Morgan fingerprint density at radius 1 is 0.647 bits per heavy atom. The van der Waals surface area contributed by atoms with Crippen LogP contribution in [0.15, 0.2) is 178 Å². The molecule has 0 amide bonds. The topological polar surface area (TPSA) is 89.0 Å². The molecule has 6 nitrogen and oxygen atoms in total. The average Bonchev–Trinajstić information content (AvgIpc) is 3.74. The molecule has 0 aliphatic rings. The normalized spacial score (nSPS) is 12.8. The fourth-order valence-electron chi connectivity index (χ4n) is 7.12. The van der Waals surface area contributed by atoms with Crippen LogP contribution in [0.5, 0.6) is 5.75 Å². The predicted octanol–water partition coefficient (Wildman–Crippen LogP) is 10.7. The van der Waals surface area contributed by atoms with Crippen molar-refractivity contribution in [3.8, 4) is 28.0 Å². The van der Waals surface area contributed by atoms with E-state index in [1.807, 2.05) is 144 Å². The number of furan rings is 1. The van der Waals surface area contributed by atoms with Crippen molar-refractivity contribution in [3.05, 3.63) is 175 Å². The minimum Gasteiger partial charge on any atom is -0.504 e. The molecule has 0 saturated heterocycles. The highest BCUT2D eigenvalue weighted by Crippen LogP contribution is 2.50. The smallest absolute Gasteiger partial charge is 0.203 e. The van der Waals surface area contributed by atoms with Crippen LogP contribution in [0.1, 0.15) is 17.3 Å². The molecule has 6 heteroatoms. The molecular formula is C45H32N4O2. The Bertz CT molecular complexity index is 2760. The van der Waals surface area contributed by atoms with Crippen molar-refractivity contribution in [2.45, 2.75) is 6.17 Å². The van der Waals surface area contributed by atoms with Crippen molar-refractivity contribution in [2.75, 3.05) is 0 Å². The van der Waals surface area contributed by atoms with Crippen LogP contribution in [0.4, 0.5) is 0 Å². The SMILES string of the molecule is N/C(=N\C(/N=C/c1cccc(-c2ccccc2)c1)c1ccccc1)n1c2ccccc2c2c3c(oc4ccccc43)c(O)c(-c3ccccc3)c21. The van der Waals surface area contributed by atoms with Crippen molar-refractivity contribution < 1.29 is 9.52 Å². The molecule has 7 aromatic carbocycles. The maximum absolute atomic E-state index is 12.1. The van der Waals surface area contributed by atoms with Gasteiger partial charge in [0.05, 0.1) is 16.6 Å². The van der Waals surface area contributed by atoms with Crippen molar-refractivity contribution >= 4 is 55.9 Å². The van der Waals surface area contributed by atoms with Gasteiger partial charge in [-0.3, -0.25) is 9.56 Å². The van der Waals surface area contributed by atoms with E-state index in [1.165, 1.54) is 0 Å². The molecule has 2 heterocycles. The van der Waals surface area contributed by atoms with Gasteiger partial charge >= 0.3 is 0 Å². The lowest BCUT2D eigenvalue weighted by atomic mass is 9.97. The van der Waals surface area contributed by atoms with Crippen LogP contribution < -0.4 is 5.73 Å². The van der Waals surface area contributed by atoms with Crippen LogP contribution in [-0.4, -0.2) is 21.8 Å². The van der Waals surface area contributed by atoms with Gasteiger partial charge in [0.2, 0.25) is 5.96 Å². The zero-order valence-electron chi connectivity index (χ0n) is 27.5. The Morgan fingerprint density at radius 2 is 1.27 bits per heavy atom. The fraction of sp³-hybridized carbons (Fsp3) is 0.0222. The summed E-state index contributed by atoms with van der Waals surface area (Å²) in [6.45, 7) is 0. The zero-order chi connectivity index (χ0) is 34.3. The highest BCUT2D eigenvalue weighted by Gasteiger charge is 2.27. The lowest BCUT2D eigenvalue weighted by Gasteiger charge is -2.15. The van der Waals surface area contributed by atoms with Gasteiger partial charge in [0, 0.05) is 27.8 Å². The minimum absolute atomic E-state index is 0.0488. The average molecular weight is 661 g/mol. The van der Waals surface area contributed by atoms with Crippen LogP contribution in [0.25, 0.3) is 66.0 Å². The molecule has 1 unspecified atom stereocenters. The van der Waals surface area contributed by atoms with E-state index < -0.39 is 6.17 Å². The molecule has 244 valence electrons. The number of hydrogen-bond acceptors (Lipinski definition) is 4. The number of aliphatic imine (C=N–C) groups is 2. The molecule has 3 N–H and O–H groups in total. The van der Waals surface area contributed by atoms with Gasteiger partial charge in [-0.05, 0) is 46.0 Å². The number of nitrogens with zero attached hydrogens (tertiary/aromatic N) is 3. The van der Waals surface area contributed by atoms with Crippen LogP contribution in [0, 0.1) is 0 Å². The summed E-state index contributed by atoms with van der Waals surface area (Å²) in [7, 11) is 0. The fourth-order valence-corrected chi connectivity index (χ4v) is 7.12. The molecule has 0 fully saturated rings. The first kappa shape index (κ1) is 30.2. The number of phenols is 1. The number of rotatable bonds is 6. The van der Waals surface area contributed by atoms with Crippen molar-refractivity contribution in [1.29, 1.82) is 0 Å². The van der Waals surface area contributed by atoms with Gasteiger partial charge in [0.1, 0.15) is 5.58 Å². The second kappa shape index (κ2) is 12.5. The van der Waals surface area contributed by atoms with E-state index in [1.54, 1.807) is 0 Å². The molecule has 0 aliphatic carbocycles. The highest BCUT2D eigenvalue weighted by atomic mass is 16.4. The van der Waals surface area contributed by atoms with E-state index in [0.717, 1.165) is 60.4 Å². The Balaban J connectivity index is 1.29. The minimum atomic E-state index is -0.643. The molecule has 0 radical (unpaired) electrons. The lowest BCUT2D eigenvalue weighted by molar-refractivity contribution is 0.471. The monoisotopic (exact) mass is 660 g/mol. The first-order valence-corrected chi connectivity index (χ1v) is 16.9. The van der Waals surface area contributed by atoms with Gasteiger partial charge in [-0.15, -0.1) is 0 Å². The van der Waals surface area contributed by atoms with E-state index in [9.17, 15) is 5.11 Å². The van der Waals surface area contributed by atoms with Crippen molar-refractivity contribution in [1.82, 2.24) is 4.57 Å². The highest BCUT2D eigenvalue weighted by molar-refractivity contribution is 6.33.